The van der Waals surface area contributed by atoms with Crippen molar-refractivity contribution in [1.82, 2.24) is 4.90 Å². The molecular weight excluding hydrogens is 222 g/mol. The van der Waals surface area contributed by atoms with E-state index < -0.39 is 0 Å². The molecule has 0 saturated heterocycles. The lowest BCUT2D eigenvalue weighted by molar-refractivity contribution is 0.404. The maximum Gasteiger partial charge on any atom is 0.0925 e. The van der Waals surface area contributed by atoms with Crippen LogP contribution in [0.15, 0.2) is 23.8 Å². The van der Waals surface area contributed by atoms with Gasteiger partial charge in [0, 0.05) is 18.0 Å². The summed E-state index contributed by atoms with van der Waals surface area (Å²) in [5.74, 6) is 0.921. The fourth-order valence-electron chi connectivity index (χ4n) is 1.60. The topological polar surface area (TPSA) is 3.24 Å². The zero-order chi connectivity index (χ0) is 11.1. The highest BCUT2D eigenvalue weighted by Crippen LogP contribution is 2.15. The molecule has 0 fully saturated rings. The molecule has 1 heterocycles. The van der Waals surface area contributed by atoms with E-state index in [2.05, 4.69) is 42.5 Å². The summed E-state index contributed by atoms with van der Waals surface area (Å²) >= 11 is 7.23. The molecule has 1 rings (SSSR count). The Labute approximate surface area is 103 Å². The van der Waals surface area contributed by atoms with Gasteiger partial charge in [-0.1, -0.05) is 37.7 Å². The van der Waals surface area contributed by atoms with Gasteiger partial charge in [-0.25, -0.2) is 0 Å². The van der Waals surface area contributed by atoms with E-state index in [9.17, 15) is 0 Å². The van der Waals surface area contributed by atoms with Crippen LogP contribution in [0.2, 0.25) is 0 Å². The molecule has 1 nitrogen and oxygen atoms in total. The van der Waals surface area contributed by atoms with Gasteiger partial charge in [-0.3, -0.25) is 0 Å². The Morgan fingerprint density at radius 1 is 1.53 bits per heavy atom. The Hall–Kier alpha value is -0.280. The summed E-state index contributed by atoms with van der Waals surface area (Å²) in [7, 11) is 0. The van der Waals surface area contributed by atoms with Crippen LogP contribution < -0.4 is 0 Å². The lowest BCUT2D eigenvalue weighted by atomic mass is 10.1. The van der Waals surface area contributed by atoms with Gasteiger partial charge in [0.25, 0.3) is 0 Å². The van der Waals surface area contributed by atoms with Crippen molar-refractivity contribution in [3.63, 3.8) is 0 Å². The number of allylic oxidation sites excluding steroid dienone is 2. The van der Waals surface area contributed by atoms with Gasteiger partial charge in [-0.05, 0) is 25.2 Å². The molecule has 0 saturated carbocycles. The van der Waals surface area contributed by atoms with Crippen molar-refractivity contribution in [3.8, 4) is 0 Å². The van der Waals surface area contributed by atoms with Gasteiger partial charge in [0.05, 0.1) is 4.99 Å². The van der Waals surface area contributed by atoms with Crippen molar-refractivity contribution in [2.75, 3.05) is 5.75 Å². The lowest BCUT2D eigenvalue weighted by Gasteiger charge is -2.27. The molecule has 1 aliphatic rings. The summed E-state index contributed by atoms with van der Waals surface area (Å²) in [6.07, 6.45) is 9.92. The van der Waals surface area contributed by atoms with Crippen LogP contribution >= 0.6 is 24.0 Å². The molecule has 0 aromatic heterocycles. The average Bonchev–Trinajstić information content (AvgIpc) is 2.30. The lowest BCUT2D eigenvalue weighted by Crippen LogP contribution is -2.34. The maximum absolute atomic E-state index is 5.44. The van der Waals surface area contributed by atoms with Crippen LogP contribution in [0.1, 0.15) is 33.1 Å². The van der Waals surface area contributed by atoms with Crippen molar-refractivity contribution in [1.29, 1.82) is 0 Å². The predicted octanol–water partition coefficient (Wildman–Crippen LogP) is 3.97. The van der Waals surface area contributed by atoms with Crippen molar-refractivity contribution < 1.29 is 0 Å². The standard InChI is InChI=1S/C12H19NS2/c1-3-7-11(2)13-8-5-4-6-9-15-10-12(13)14/h5-6,8-9,11H,3-4,7,10H2,1-2H3/b8-5-,9-6-. The molecular formula is C12H19NS2. The summed E-state index contributed by atoms with van der Waals surface area (Å²) in [5.41, 5.74) is 0. The van der Waals surface area contributed by atoms with E-state index in [0.29, 0.717) is 6.04 Å². The fraction of sp³-hybridized carbons (Fsp3) is 0.583. The quantitative estimate of drug-likeness (QED) is 0.688. The molecule has 0 aliphatic carbocycles. The van der Waals surface area contributed by atoms with E-state index in [1.807, 2.05) is 0 Å². The molecule has 1 unspecified atom stereocenters. The Morgan fingerprint density at radius 2 is 2.33 bits per heavy atom. The van der Waals surface area contributed by atoms with E-state index in [4.69, 9.17) is 12.2 Å². The van der Waals surface area contributed by atoms with E-state index >= 15 is 0 Å². The molecule has 0 aromatic carbocycles. The highest BCUT2D eigenvalue weighted by atomic mass is 32.2. The third-order valence-corrected chi connectivity index (χ3v) is 3.77. The van der Waals surface area contributed by atoms with Crippen molar-refractivity contribution in [2.24, 2.45) is 0 Å². The second-order valence-corrected chi connectivity index (χ2v) is 5.11. The third kappa shape index (κ3) is 4.39. The van der Waals surface area contributed by atoms with Gasteiger partial charge in [-0.2, -0.15) is 0 Å². The van der Waals surface area contributed by atoms with Crippen molar-refractivity contribution in [3.05, 3.63) is 23.8 Å². The van der Waals surface area contributed by atoms with Gasteiger partial charge < -0.3 is 4.90 Å². The average molecular weight is 241 g/mol. The molecule has 1 atom stereocenters. The first-order chi connectivity index (χ1) is 7.25. The molecule has 3 heteroatoms. The second kappa shape index (κ2) is 7.07. The number of nitrogens with zero attached hydrogens (tertiary/aromatic N) is 1. The van der Waals surface area contributed by atoms with E-state index in [1.54, 1.807) is 11.8 Å². The highest BCUT2D eigenvalue weighted by molar-refractivity contribution is 8.03. The van der Waals surface area contributed by atoms with Crippen molar-refractivity contribution >= 4 is 29.0 Å². The minimum atomic E-state index is 0.525. The highest BCUT2D eigenvalue weighted by Gasteiger charge is 2.13. The molecule has 0 aromatic rings. The zero-order valence-corrected chi connectivity index (χ0v) is 11.1. The number of hydrogen-bond acceptors (Lipinski definition) is 2. The number of thiocarbonyl (C=S) groups is 1. The van der Waals surface area contributed by atoms with Crippen molar-refractivity contribution in [2.45, 2.75) is 39.2 Å². The molecule has 0 radical (unpaired) electrons. The molecule has 0 spiro atoms. The molecule has 84 valence electrons. The summed E-state index contributed by atoms with van der Waals surface area (Å²) in [4.78, 5) is 3.29. The Morgan fingerprint density at radius 3 is 3.07 bits per heavy atom. The molecule has 1 aliphatic heterocycles. The van der Waals surface area contributed by atoms with Crippen LogP contribution in [0.3, 0.4) is 0 Å². The normalized spacial score (nSPS) is 23.9. The van der Waals surface area contributed by atoms with Crippen LogP contribution in [0.5, 0.6) is 0 Å². The van der Waals surface area contributed by atoms with Crippen LogP contribution in [-0.2, 0) is 0 Å². The van der Waals surface area contributed by atoms with Crippen LogP contribution in [0.4, 0.5) is 0 Å². The first-order valence-electron chi connectivity index (χ1n) is 5.50. The maximum atomic E-state index is 5.44. The Balaban J connectivity index is 2.65. The SMILES string of the molecule is CCCC(C)N1/C=C\C/C=C\SCC1=S. The van der Waals surface area contributed by atoms with Gasteiger partial charge in [0.1, 0.15) is 0 Å². The summed E-state index contributed by atoms with van der Waals surface area (Å²) in [6, 6.07) is 0.525. The summed E-state index contributed by atoms with van der Waals surface area (Å²) in [6.45, 7) is 4.46. The molecule has 15 heavy (non-hydrogen) atoms. The smallest absolute Gasteiger partial charge is 0.0925 e. The second-order valence-electron chi connectivity index (χ2n) is 3.74. The molecule has 0 N–H and O–H groups in total. The Kier molecular flexibility index (Phi) is 6.03. The van der Waals surface area contributed by atoms with Crippen LogP contribution in [0.25, 0.3) is 0 Å². The largest absolute Gasteiger partial charge is 0.339 e. The van der Waals surface area contributed by atoms with Gasteiger partial charge in [-0.15, -0.1) is 11.8 Å². The van der Waals surface area contributed by atoms with Gasteiger partial charge in [0.2, 0.25) is 0 Å². The Bertz CT molecular complexity index is 258. The fourth-order valence-corrected chi connectivity index (χ4v) is 2.68. The predicted molar refractivity (Wildman–Crippen MR) is 74.2 cm³/mol. The number of rotatable bonds is 3. The van der Waals surface area contributed by atoms with Gasteiger partial charge >= 0.3 is 0 Å². The van der Waals surface area contributed by atoms with Gasteiger partial charge in [0.15, 0.2) is 0 Å². The summed E-state index contributed by atoms with van der Waals surface area (Å²) < 4.78 is 0. The number of thioether (sulfide) groups is 1. The first kappa shape index (κ1) is 12.8. The van der Waals surface area contributed by atoms with E-state index in [1.165, 1.54) is 12.8 Å². The summed E-state index contributed by atoms with van der Waals surface area (Å²) in [5, 5.41) is 2.14. The monoisotopic (exact) mass is 241 g/mol. The zero-order valence-electron chi connectivity index (χ0n) is 9.48. The first-order valence-corrected chi connectivity index (χ1v) is 6.95. The van der Waals surface area contributed by atoms with Crippen LogP contribution in [0, 0.1) is 0 Å². The van der Waals surface area contributed by atoms with E-state index in [0.717, 1.165) is 17.2 Å². The number of hydrogen-bond donors (Lipinski definition) is 0. The van der Waals surface area contributed by atoms with Crippen LogP contribution in [-0.4, -0.2) is 21.7 Å². The molecule has 0 bridgehead atoms. The minimum absolute atomic E-state index is 0.525. The third-order valence-electron chi connectivity index (χ3n) is 2.41. The molecule has 0 amide bonds. The minimum Gasteiger partial charge on any atom is -0.339 e. The van der Waals surface area contributed by atoms with E-state index in [-0.39, 0.29) is 0 Å².